The van der Waals surface area contributed by atoms with Crippen LogP contribution in [0, 0.1) is 11.8 Å². The van der Waals surface area contributed by atoms with Crippen LogP contribution in [0.5, 0.6) is 11.5 Å². The van der Waals surface area contributed by atoms with Crippen LogP contribution in [0.25, 0.3) is 21.8 Å². The molecule has 3 fully saturated rings. The number of hydrogen-bond donors (Lipinski definition) is 15. The number of primary amides is 1. The van der Waals surface area contributed by atoms with E-state index in [0.29, 0.717) is 59.6 Å². The molecule has 1 unspecified atom stereocenters. The number of benzene rings is 5. The number of aromatic amines is 2. The van der Waals surface area contributed by atoms with Gasteiger partial charge in [-0.2, -0.15) is 0 Å². The van der Waals surface area contributed by atoms with Crippen molar-refractivity contribution in [3.63, 3.8) is 0 Å². The summed E-state index contributed by atoms with van der Waals surface area (Å²) in [5.74, 6) is -9.20. The summed E-state index contributed by atoms with van der Waals surface area (Å²) in [5.41, 5.74) is 14.8. The predicted octanol–water partition coefficient (Wildman–Crippen LogP) is 11.2. The highest BCUT2D eigenvalue weighted by Crippen LogP contribution is 2.50. The van der Waals surface area contributed by atoms with Crippen molar-refractivity contribution >= 4 is 153 Å². The number of fused-ring (bicyclic) bond motifs is 7. The first kappa shape index (κ1) is 114. The molecule has 4 aliphatic heterocycles. The number of anilines is 1. The molecule has 0 spiro atoms. The summed E-state index contributed by atoms with van der Waals surface area (Å²) in [6.07, 6.45) is 14.0. The fourth-order valence-electron chi connectivity index (χ4n) is 18.3. The molecule has 11 amide bonds. The number of nitrogens with one attached hydrogen (secondary N) is 11. The molecule has 7 aromatic rings. The number of para-hydroxylation sites is 2. The number of methoxy groups -OCH3 is 2. The summed E-state index contributed by atoms with van der Waals surface area (Å²) in [5, 5.41) is 50.7. The molecule has 0 radical (unpaired) electrons. The molecule has 11 rings (SSSR count). The number of epoxide rings is 1. The van der Waals surface area contributed by atoms with Crippen molar-refractivity contribution in [2.24, 2.45) is 23.3 Å². The molecule has 0 aliphatic carbocycles. The molecule has 782 valence electrons. The Kier molecular flexibility index (Phi) is 43.4. The average molecular weight is 2080 g/mol. The second kappa shape index (κ2) is 55.1. The van der Waals surface area contributed by atoms with Crippen LogP contribution in [0.1, 0.15) is 179 Å². The molecule has 34 nitrogen and oxygen atoms in total. The number of alkyl carbamates (subject to hydrolysis) is 1. The lowest BCUT2D eigenvalue weighted by atomic mass is 9.83. The van der Waals surface area contributed by atoms with E-state index in [1.54, 1.807) is 94.3 Å². The SMILES string of the molecule is CCCCCCCCCCC(CCN[C@H](Cc1ccccc1)C(=O)N[C@H]1CSSC[C@@H](C(=O)N[C@@H](Cc2c[nH]c3ccccc23)C(N)=O)NC(=O)[C@H](C(C)C)NC(=O)[C@H](CCCCN)NC(=O)[C@@H](Cc2c[nH]c3ccccc23)NC(=O)[C@H](Cc2ccc(O)cc2)NC1=O)SSCCC(=O)N(C)[C@@H](C)C(=O)O[C@H]1CC(=O)N(C)c2cc(cc(OC)c2Cl)C/C(C)=C/C=C/[C@@H](OC)[C@@]2(O)C[C@H](OC(=O)N2)[C@@H](C)[C@@H]2O[C@@]12C. The van der Waals surface area contributed by atoms with Gasteiger partial charge in [-0.1, -0.05) is 237 Å². The summed E-state index contributed by atoms with van der Waals surface area (Å²) in [6, 6.07) is 21.6. The van der Waals surface area contributed by atoms with E-state index in [2.05, 4.69) is 64.7 Å². The van der Waals surface area contributed by atoms with E-state index in [1.165, 1.54) is 67.3 Å². The van der Waals surface area contributed by atoms with Gasteiger partial charge >= 0.3 is 12.1 Å². The maximum Gasteiger partial charge on any atom is 0.409 e. The zero-order chi connectivity index (χ0) is 104. The quantitative estimate of drug-likeness (QED) is 0.00732. The Balaban J connectivity index is 0.839. The third kappa shape index (κ3) is 32.1. The minimum Gasteiger partial charge on any atom is -0.508 e. The zero-order valence-corrected chi connectivity index (χ0v) is 87.9. The largest absolute Gasteiger partial charge is 0.508 e. The van der Waals surface area contributed by atoms with Crippen LogP contribution in [-0.4, -0.2) is 250 Å². The van der Waals surface area contributed by atoms with E-state index in [1.807, 2.05) is 91.9 Å². The average Bonchev–Trinajstić information content (AvgIpc) is 1.57. The van der Waals surface area contributed by atoms with Gasteiger partial charge in [0.2, 0.25) is 59.1 Å². The molecule has 2 aromatic heterocycles. The zero-order valence-electron chi connectivity index (χ0n) is 83.9. The molecule has 4 aliphatic rings. The molecule has 5 aromatic carbocycles. The highest BCUT2D eigenvalue weighted by molar-refractivity contribution is 8.77. The van der Waals surface area contributed by atoms with Crippen molar-refractivity contribution in [2.45, 2.75) is 279 Å². The van der Waals surface area contributed by atoms with Gasteiger partial charge in [0.05, 0.1) is 31.4 Å². The second-order valence-electron chi connectivity index (χ2n) is 38.3. The lowest BCUT2D eigenvalue weighted by Crippen LogP contribution is -2.63. The van der Waals surface area contributed by atoms with Crippen LogP contribution in [0.4, 0.5) is 10.5 Å². The van der Waals surface area contributed by atoms with Crippen molar-refractivity contribution in [1.29, 1.82) is 0 Å². The molecule has 17 N–H and O–H groups in total. The van der Waals surface area contributed by atoms with E-state index < -0.39 is 174 Å². The maximum absolute atomic E-state index is 15.8. The first-order valence-corrected chi connectivity index (χ1v) is 54.9. The number of nitrogens with two attached hydrogens (primary N) is 2. The van der Waals surface area contributed by atoms with E-state index in [4.69, 9.17) is 46.8 Å². The van der Waals surface area contributed by atoms with Crippen LogP contribution < -0.4 is 69.0 Å². The van der Waals surface area contributed by atoms with Crippen molar-refractivity contribution in [3.05, 3.63) is 184 Å². The molecule has 4 bridgehead atoms. The molecule has 39 heteroatoms. The predicted molar refractivity (Wildman–Crippen MR) is 564 cm³/mol. The Morgan fingerprint density at radius 1 is 0.736 bits per heavy atom. The summed E-state index contributed by atoms with van der Waals surface area (Å²) in [4.78, 5) is 187. The number of rotatable bonds is 41. The second-order valence-corrected chi connectivity index (χ2v) is 44.0. The number of nitrogens with zero attached hydrogens (tertiary/aromatic N) is 2. The summed E-state index contributed by atoms with van der Waals surface area (Å²) in [7, 11) is 11.2. The smallest absolute Gasteiger partial charge is 0.409 e. The van der Waals surface area contributed by atoms with Gasteiger partial charge in [-0.15, -0.1) is 0 Å². The number of esters is 1. The summed E-state index contributed by atoms with van der Waals surface area (Å²) < 4.78 is 30.1. The van der Waals surface area contributed by atoms with Gasteiger partial charge in [0.15, 0.2) is 5.72 Å². The first-order chi connectivity index (χ1) is 69.0. The number of amides is 11. The number of phenolic OH excluding ortho intramolecular Hbond substituents is 1. The number of aromatic nitrogens is 2. The van der Waals surface area contributed by atoms with Crippen LogP contribution >= 0.6 is 54.8 Å². The van der Waals surface area contributed by atoms with E-state index in [-0.39, 0.29) is 91.5 Å². The number of H-pyrrole nitrogens is 2. The number of carbonyl (C=O) groups excluding carboxylic acids is 12. The molecule has 0 saturated carbocycles. The van der Waals surface area contributed by atoms with Crippen LogP contribution in [0.15, 0.2) is 151 Å². The van der Waals surface area contributed by atoms with Gasteiger partial charge in [0.25, 0.3) is 0 Å². The molecular weight excluding hydrogens is 1940 g/mol. The third-order valence-corrected chi connectivity index (χ3v) is 32.9. The number of phenols is 1. The number of carbonyl (C=O) groups is 12. The fraction of sp³-hybridized carbons (Fsp3) is 0.524. The lowest BCUT2D eigenvalue weighted by molar-refractivity contribution is -0.162. The number of ether oxygens (including phenoxy) is 5. The third-order valence-electron chi connectivity index (χ3n) is 27.1. The maximum atomic E-state index is 15.8. The Bertz CT molecular complexity index is 5600. The van der Waals surface area contributed by atoms with Crippen LogP contribution in [0.3, 0.4) is 0 Å². The van der Waals surface area contributed by atoms with Crippen molar-refractivity contribution in [2.75, 3.05) is 63.6 Å². The minimum atomic E-state index is -1.93. The number of allylic oxidation sites excluding steroid dienone is 3. The standard InChI is InChI=1S/C105H142ClN15O19S4/c1-12-13-14-15-16-17-18-22-33-72(144-141-48-45-89(123)120(8)65(6)102(133)139-88-56-90(124)121(9)84-52-68(53-85(136-10)91(84)106)49-63(4)30-29-39-87(137-11)105(135)57-86(138-103(134)119-105)64(5)93-104(88,7)140-93)44-47-109-79(50-66-31-20-19-21-32-66)96(127)116-82-60-142-143-61-83(99(130)113-78(94(108)125)54-69-58-110-75-36-25-23-34-73(69)75)117-101(132)92(62(2)3)118-95(126)77(38-27-28-46-107)112-98(129)81(55-70-59-111-76-37-26-24-35-74(70)76)115-97(128)80(114-100(82)131)51-67-40-42-71(122)43-41-67/h19-21,23-26,29-32,34-37,39-43,52-53,58-59,62,64-65,72,77-83,86-88,92-93,109-111,122,135H,12-18,22,27-28,33,38,44-51,54-57,60-61,107H2,1-11H3,(H2,108,125)(H,112,129)(H,113,130)(H,114,131)(H,115,128)(H,116,127)(H,117,132)(H,118,126)(H,119,134)/b39-29+,63-30+/t64-,65+,72?,77+,78+,79-,80+,81-,82+,83+,86+,87-,88+,92+,93+,104+,105+/m1/s1. The molecule has 6 heterocycles. The van der Waals surface area contributed by atoms with Crippen molar-refractivity contribution < 1.29 is 91.4 Å². The van der Waals surface area contributed by atoms with E-state index in [0.717, 1.165) is 111 Å². The minimum absolute atomic E-state index is 0.00502. The molecule has 3 saturated heterocycles. The van der Waals surface area contributed by atoms with Gasteiger partial charge in [-0.25, -0.2) is 9.59 Å². The van der Waals surface area contributed by atoms with Crippen molar-refractivity contribution in [1.82, 2.24) is 62.7 Å². The topological polar surface area (TPSA) is 493 Å². The Hall–Kier alpha value is -10.8. The van der Waals surface area contributed by atoms with Crippen LogP contribution in [-0.2, 0) is 104 Å². The van der Waals surface area contributed by atoms with E-state index >= 15 is 28.8 Å². The first-order valence-electron chi connectivity index (χ1n) is 49.7. The van der Waals surface area contributed by atoms with Crippen LogP contribution in [0.2, 0.25) is 5.02 Å². The van der Waals surface area contributed by atoms with Gasteiger partial charge < -0.3 is 108 Å². The molecule has 17 atom stereocenters. The monoisotopic (exact) mass is 2080 g/mol. The number of likely N-dealkylation sites (N-methyl/N-ethyl adjacent to an activating group) is 1. The highest BCUT2D eigenvalue weighted by Gasteiger charge is 2.65. The number of unbranched alkanes of at least 4 members (excludes halogenated alkanes) is 8. The number of aliphatic hydroxyl groups is 1. The molecule has 144 heavy (non-hydrogen) atoms. The fourth-order valence-corrected chi connectivity index (χ4v) is 23.6. The number of halogens is 1. The Morgan fingerprint density at radius 2 is 1.38 bits per heavy atom. The summed E-state index contributed by atoms with van der Waals surface area (Å²) in [6.45, 7) is 13.0. The van der Waals surface area contributed by atoms with E-state index in [9.17, 15) is 39.0 Å². The van der Waals surface area contributed by atoms with Crippen molar-refractivity contribution in [3.8, 4) is 11.5 Å². The Morgan fingerprint density at radius 3 is 2.05 bits per heavy atom. The van der Waals surface area contributed by atoms with Gasteiger partial charge in [0.1, 0.15) is 88.8 Å². The number of aromatic hydroxyl groups is 1. The van der Waals surface area contributed by atoms with Gasteiger partial charge in [0, 0.05) is 116 Å². The normalized spacial score (nSPS) is 24.3. The summed E-state index contributed by atoms with van der Waals surface area (Å²) >= 11 is 6.98. The lowest BCUT2D eigenvalue weighted by Gasteiger charge is -2.42. The number of hydrogen-bond acceptors (Lipinski definition) is 25. The van der Waals surface area contributed by atoms with Gasteiger partial charge in [-0.05, 0) is 149 Å². The highest BCUT2D eigenvalue weighted by atomic mass is 35.5. The Labute approximate surface area is 863 Å². The molecular formula is C105H142ClN15O19S4. The van der Waals surface area contributed by atoms with Gasteiger partial charge in [-0.3, -0.25) is 53.3 Å².